The van der Waals surface area contributed by atoms with Crippen LogP contribution in [0.3, 0.4) is 0 Å². The van der Waals surface area contributed by atoms with Gasteiger partial charge in [-0.2, -0.15) is 0 Å². The molecular formula is C20H24N2O6. The van der Waals surface area contributed by atoms with Crippen LogP contribution in [0.15, 0.2) is 30.3 Å². The summed E-state index contributed by atoms with van der Waals surface area (Å²) in [5.41, 5.74) is 1.52. The normalized spacial score (nSPS) is 11.8. The van der Waals surface area contributed by atoms with Crippen molar-refractivity contribution in [3.63, 3.8) is 0 Å². The first-order chi connectivity index (χ1) is 13.7. The van der Waals surface area contributed by atoms with Gasteiger partial charge in [0.15, 0.2) is 23.0 Å². The Morgan fingerprint density at radius 2 is 1.68 bits per heavy atom. The maximum absolute atomic E-state index is 12.4. The molecule has 2 aromatic carbocycles. The average molecular weight is 388 g/mol. The van der Waals surface area contributed by atoms with Gasteiger partial charge in [-0.1, -0.05) is 6.07 Å². The highest BCUT2D eigenvalue weighted by atomic mass is 16.7. The third-order valence-corrected chi connectivity index (χ3v) is 4.28. The zero-order valence-electron chi connectivity index (χ0n) is 16.2. The van der Waals surface area contributed by atoms with Gasteiger partial charge >= 0.3 is 0 Å². The lowest BCUT2D eigenvalue weighted by molar-refractivity contribution is 0.0953. The summed E-state index contributed by atoms with van der Waals surface area (Å²) in [6.07, 6.45) is 0. The Hall–Kier alpha value is -3.13. The fraction of sp³-hybridized carbons (Fsp3) is 0.350. The Bertz CT molecular complexity index is 814. The molecular weight excluding hydrogens is 364 g/mol. The SMILES string of the molecule is COc1cc(C(=O)NCCNCc2ccc3c(c2)OCO3)cc(OC)c1OC. The van der Waals surface area contributed by atoms with E-state index in [9.17, 15) is 4.79 Å². The van der Waals surface area contributed by atoms with Crippen molar-refractivity contribution < 1.29 is 28.5 Å². The Kier molecular flexibility index (Phi) is 6.44. The van der Waals surface area contributed by atoms with Crippen molar-refractivity contribution in [3.8, 4) is 28.7 Å². The molecule has 0 saturated carbocycles. The van der Waals surface area contributed by atoms with Gasteiger partial charge in [-0.3, -0.25) is 4.79 Å². The minimum atomic E-state index is -0.218. The molecule has 0 bridgehead atoms. The van der Waals surface area contributed by atoms with Crippen molar-refractivity contribution in [2.75, 3.05) is 41.2 Å². The molecule has 2 aromatic rings. The van der Waals surface area contributed by atoms with Gasteiger partial charge in [-0.05, 0) is 29.8 Å². The Morgan fingerprint density at radius 3 is 2.36 bits per heavy atom. The van der Waals surface area contributed by atoms with E-state index in [1.165, 1.54) is 21.3 Å². The van der Waals surface area contributed by atoms with E-state index in [0.717, 1.165) is 17.1 Å². The number of rotatable bonds is 9. The molecule has 0 saturated heterocycles. The van der Waals surface area contributed by atoms with Gasteiger partial charge in [0.1, 0.15) is 0 Å². The molecule has 3 rings (SSSR count). The molecule has 8 heteroatoms. The summed E-state index contributed by atoms with van der Waals surface area (Å²) in [6.45, 7) is 2.01. The number of ether oxygens (including phenoxy) is 5. The smallest absolute Gasteiger partial charge is 0.251 e. The van der Waals surface area contributed by atoms with E-state index in [1.54, 1.807) is 12.1 Å². The number of fused-ring (bicyclic) bond motifs is 1. The van der Waals surface area contributed by atoms with Gasteiger partial charge in [0.2, 0.25) is 12.5 Å². The van der Waals surface area contributed by atoms with E-state index in [0.29, 0.717) is 42.4 Å². The van der Waals surface area contributed by atoms with Crippen molar-refractivity contribution >= 4 is 5.91 Å². The maximum Gasteiger partial charge on any atom is 0.251 e. The minimum absolute atomic E-state index is 0.218. The molecule has 1 heterocycles. The lowest BCUT2D eigenvalue weighted by Crippen LogP contribution is -2.31. The summed E-state index contributed by atoms with van der Waals surface area (Å²) in [7, 11) is 4.55. The molecule has 1 amide bonds. The summed E-state index contributed by atoms with van der Waals surface area (Å²) in [5.74, 6) is 2.63. The quantitative estimate of drug-likeness (QED) is 0.635. The number of amides is 1. The van der Waals surface area contributed by atoms with Crippen LogP contribution >= 0.6 is 0 Å². The highest BCUT2D eigenvalue weighted by Gasteiger charge is 2.17. The fourth-order valence-corrected chi connectivity index (χ4v) is 2.86. The van der Waals surface area contributed by atoms with Crippen molar-refractivity contribution in [2.24, 2.45) is 0 Å². The third-order valence-electron chi connectivity index (χ3n) is 4.28. The largest absolute Gasteiger partial charge is 0.493 e. The molecule has 0 aliphatic carbocycles. The van der Waals surface area contributed by atoms with Gasteiger partial charge in [0.05, 0.1) is 21.3 Å². The van der Waals surface area contributed by atoms with E-state index in [1.807, 2.05) is 18.2 Å². The van der Waals surface area contributed by atoms with E-state index in [-0.39, 0.29) is 12.7 Å². The minimum Gasteiger partial charge on any atom is -0.493 e. The van der Waals surface area contributed by atoms with Crippen molar-refractivity contribution in [3.05, 3.63) is 41.5 Å². The second-order valence-corrected chi connectivity index (χ2v) is 6.03. The van der Waals surface area contributed by atoms with Crippen molar-refractivity contribution in [1.82, 2.24) is 10.6 Å². The number of methoxy groups -OCH3 is 3. The van der Waals surface area contributed by atoms with Crippen LogP contribution < -0.4 is 34.3 Å². The predicted molar refractivity (Wildman–Crippen MR) is 103 cm³/mol. The van der Waals surface area contributed by atoms with Crippen LogP contribution in [0.2, 0.25) is 0 Å². The highest BCUT2D eigenvalue weighted by Crippen LogP contribution is 2.38. The summed E-state index contributed by atoms with van der Waals surface area (Å²) >= 11 is 0. The molecule has 0 aromatic heterocycles. The number of benzene rings is 2. The van der Waals surface area contributed by atoms with Gasteiger partial charge in [0.25, 0.3) is 5.91 Å². The zero-order valence-corrected chi connectivity index (χ0v) is 16.2. The van der Waals surface area contributed by atoms with Crippen molar-refractivity contribution in [1.29, 1.82) is 0 Å². The van der Waals surface area contributed by atoms with Gasteiger partial charge in [-0.15, -0.1) is 0 Å². The summed E-state index contributed by atoms with van der Waals surface area (Å²) in [6, 6.07) is 9.07. The lowest BCUT2D eigenvalue weighted by Gasteiger charge is -2.14. The van der Waals surface area contributed by atoms with Crippen LogP contribution in [0.5, 0.6) is 28.7 Å². The molecule has 0 atom stereocenters. The summed E-state index contributed by atoms with van der Waals surface area (Å²) in [5, 5.41) is 6.15. The zero-order chi connectivity index (χ0) is 19.9. The van der Waals surface area contributed by atoms with Crippen LogP contribution in [0, 0.1) is 0 Å². The molecule has 8 nitrogen and oxygen atoms in total. The molecule has 1 aliphatic rings. The van der Waals surface area contributed by atoms with E-state index in [2.05, 4.69) is 10.6 Å². The predicted octanol–water partition coefficient (Wildman–Crippen LogP) is 1.96. The second kappa shape index (κ2) is 9.18. The van der Waals surface area contributed by atoms with Gasteiger partial charge in [0, 0.05) is 25.2 Å². The van der Waals surface area contributed by atoms with E-state index >= 15 is 0 Å². The maximum atomic E-state index is 12.4. The Morgan fingerprint density at radius 1 is 0.964 bits per heavy atom. The van der Waals surface area contributed by atoms with Gasteiger partial charge < -0.3 is 34.3 Å². The molecule has 0 spiro atoms. The Labute approximate surface area is 163 Å². The molecule has 1 aliphatic heterocycles. The van der Waals surface area contributed by atoms with Crippen LogP contribution in [-0.2, 0) is 6.54 Å². The Balaban J connectivity index is 1.49. The fourth-order valence-electron chi connectivity index (χ4n) is 2.86. The van der Waals surface area contributed by atoms with Crippen LogP contribution in [0.4, 0.5) is 0 Å². The number of nitrogens with one attached hydrogen (secondary N) is 2. The van der Waals surface area contributed by atoms with Gasteiger partial charge in [-0.25, -0.2) is 0 Å². The second-order valence-electron chi connectivity index (χ2n) is 6.03. The van der Waals surface area contributed by atoms with Crippen molar-refractivity contribution in [2.45, 2.75) is 6.54 Å². The number of hydrogen-bond donors (Lipinski definition) is 2. The number of carbonyl (C=O) groups is 1. The van der Waals surface area contributed by atoms with Crippen LogP contribution in [0.1, 0.15) is 15.9 Å². The monoisotopic (exact) mass is 388 g/mol. The molecule has 0 fully saturated rings. The topological polar surface area (TPSA) is 87.3 Å². The lowest BCUT2D eigenvalue weighted by atomic mass is 10.1. The average Bonchev–Trinajstić information content (AvgIpc) is 3.20. The standard InChI is InChI=1S/C20H24N2O6/c1-24-17-9-14(10-18(25-2)19(17)26-3)20(23)22-7-6-21-11-13-4-5-15-16(8-13)28-12-27-15/h4-5,8-10,21H,6-7,11-12H2,1-3H3,(H,22,23). The van der Waals surface area contributed by atoms with E-state index in [4.69, 9.17) is 23.7 Å². The number of hydrogen-bond acceptors (Lipinski definition) is 7. The first-order valence-electron chi connectivity index (χ1n) is 8.83. The molecule has 2 N–H and O–H groups in total. The summed E-state index contributed by atoms with van der Waals surface area (Å²) < 4.78 is 26.5. The third kappa shape index (κ3) is 4.40. The van der Waals surface area contributed by atoms with Crippen LogP contribution in [0.25, 0.3) is 0 Å². The van der Waals surface area contributed by atoms with E-state index < -0.39 is 0 Å². The first kappa shape index (κ1) is 19.6. The number of carbonyl (C=O) groups excluding carboxylic acids is 1. The van der Waals surface area contributed by atoms with Crippen LogP contribution in [-0.4, -0.2) is 47.1 Å². The highest BCUT2D eigenvalue weighted by molar-refractivity contribution is 5.95. The molecule has 0 unspecified atom stereocenters. The molecule has 150 valence electrons. The molecule has 0 radical (unpaired) electrons. The summed E-state index contributed by atoms with van der Waals surface area (Å²) in [4.78, 5) is 12.4. The molecule has 28 heavy (non-hydrogen) atoms. The first-order valence-corrected chi connectivity index (χ1v) is 8.83.